The fourth-order valence-electron chi connectivity index (χ4n) is 2.15. The lowest BCUT2D eigenvalue weighted by atomic mass is 9.99. The third-order valence-corrected chi connectivity index (χ3v) is 2.95. The fraction of sp³-hybridized carbons (Fsp3) is 0.800. The van der Waals surface area contributed by atoms with Crippen molar-refractivity contribution >= 4 is 5.95 Å². The molecule has 1 aliphatic heterocycles. The maximum Gasteiger partial charge on any atom is 0.266 e. The molecule has 1 saturated heterocycles. The zero-order valence-corrected chi connectivity index (χ0v) is 9.31. The molecule has 0 unspecified atom stereocenters. The van der Waals surface area contributed by atoms with Crippen LogP contribution in [0.3, 0.4) is 0 Å². The monoisotopic (exact) mass is 210 g/mol. The van der Waals surface area contributed by atoms with E-state index in [1.165, 1.54) is 12.8 Å². The first kappa shape index (κ1) is 10.4. The topological polar surface area (TPSA) is 68.2 Å². The van der Waals surface area contributed by atoms with Crippen molar-refractivity contribution in [3.63, 3.8) is 0 Å². The number of nitrogens with zero attached hydrogens (tertiary/aromatic N) is 3. The Balaban J connectivity index is 2.02. The third kappa shape index (κ3) is 2.12. The molecule has 1 aromatic rings. The first-order valence-electron chi connectivity index (χ1n) is 5.51. The molecular weight excluding hydrogens is 192 g/mol. The van der Waals surface area contributed by atoms with E-state index in [0.717, 1.165) is 13.1 Å². The van der Waals surface area contributed by atoms with E-state index in [4.69, 9.17) is 10.3 Å². The summed E-state index contributed by atoms with van der Waals surface area (Å²) in [5, 5.41) is 3.91. The van der Waals surface area contributed by atoms with Crippen molar-refractivity contribution in [3.05, 3.63) is 5.89 Å². The molecule has 5 nitrogen and oxygen atoms in total. The molecule has 0 spiro atoms. The maximum absolute atomic E-state index is 6.07. The predicted octanol–water partition coefficient (Wildman–Crippen LogP) is 0.942. The Hall–Kier alpha value is -1.10. The Bertz CT molecular complexity index is 325. The molecule has 1 aliphatic rings. The van der Waals surface area contributed by atoms with Gasteiger partial charge in [-0.15, -0.1) is 0 Å². The summed E-state index contributed by atoms with van der Waals surface area (Å²) in [6.45, 7) is 5.78. The summed E-state index contributed by atoms with van der Waals surface area (Å²) in [4.78, 5) is 6.33. The van der Waals surface area contributed by atoms with Crippen LogP contribution in [0.25, 0.3) is 0 Å². The number of nitrogens with two attached hydrogens (primary N) is 1. The standard InChI is InChI=1S/C10H18N4O/c1-3-4-8-5-14(6-9(8)11)10-12-7(2)15-13-10/h8-9H,3-6,11H2,1-2H3/t8-,9-/m0/s1. The van der Waals surface area contributed by atoms with E-state index >= 15 is 0 Å². The average molecular weight is 210 g/mol. The summed E-state index contributed by atoms with van der Waals surface area (Å²) in [5.74, 6) is 1.85. The van der Waals surface area contributed by atoms with E-state index in [1.54, 1.807) is 6.92 Å². The lowest BCUT2D eigenvalue weighted by Gasteiger charge is -2.12. The van der Waals surface area contributed by atoms with Crippen LogP contribution in [0, 0.1) is 12.8 Å². The molecule has 2 rings (SSSR count). The highest BCUT2D eigenvalue weighted by molar-refractivity contribution is 5.31. The Morgan fingerprint density at radius 1 is 1.53 bits per heavy atom. The van der Waals surface area contributed by atoms with Crippen LogP contribution in [0.2, 0.25) is 0 Å². The quantitative estimate of drug-likeness (QED) is 0.804. The van der Waals surface area contributed by atoms with Crippen molar-refractivity contribution in [3.8, 4) is 0 Å². The Labute approximate surface area is 89.6 Å². The van der Waals surface area contributed by atoms with Gasteiger partial charge in [0.15, 0.2) is 0 Å². The van der Waals surface area contributed by atoms with Gasteiger partial charge in [-0.05, 0) is 17.5 Å². The van der Waals surface area contributed by atoms with Crippen LogP contribution < -0.4 is 10.6 Å². The van der Waals surface area contributed by atoms with Gasteiger partial charge in [0, 0.05) is 26.1 Å². The van der Waals surface area contributed by atoms with Gasteiger partial charge in [0.2, 0.25) is 5.89 Å². The van der Waals surface area contributed by atoms with Crippen LogP contribution in [0.5, 0.6) is 0 Å². The fourth-order valence-corrected chi connectivity index (χ4v) is 2.15. The SMILES string of the molecule is CCC[C@H]1CN(c2noc(C)n2)C[C@@H]1N. The summed E-state index contributed by atoms with van der Waals surface area (Å²) < 4.78 is 4.96. The zero-order valence-electron chi connectivity index (χ0n) is 9.31. The molecule has 0 aromatic carbocycles. The Morgan fingerprint density at radius 3 is 2.93 bits per heavy atom. The molecule has 0 bridgehead atoms. The van der Waals surface area contributed by atoms with E-state index in [0.29, 0.717) is 17.8 Å². The van der Waals surface area contributed by atoms with E-state index < -0.39 is 0 Å². The highest BCUT2D eigenvalue weighted by atomic mass is 16.5. The van der Waals surface area contributed by atoms with Crippen LogP contribution in [-0.4, -0.2) is 29.3 Å². The average Bonchev–Trinajstić information content (AvgIpc) is 2.75. The number of anilines is 1. The normalized spacial score (nSPS) is 26.2. The van der Waals surface area contributed by atoms with Crippen LogP contribution in [0.15, 0.2) is 4.52 Å². The van der Waals surface area contributed by atoms with Crippen molar-refractivity contribution in [2.45, 2.75) is 32.7 Å². The van der Waals surface area contributed by atoms with E-state index in [-0.39, 0.29) is 6.04 Å². The highest BCUT2D eigenvalue weighted by Crippen LogP contribution is 2.23. The molecule has 1 aromatic heterocycles. The molecular formula is C10H18N4O. The van der Waals surface area contributed by atoms with Gasteiger partial charge in [-0.1, -0.05) is 13.3 Å². The van der Waals surface area contributed by atoms with Crippen LogP contribution in [0.4, 0.5) is 5.95 Å². The Morgan fingerprint density at radius 2 is 2.33 bits per heavy atom. The van der Waals surface area contributed by atoms with E-state index in [9.17, 15) is 0 Å². The summed E-state index contributed by atoms with van der Waals surface area (Å²) in [6, 6.07) is 0.240. The molecule has 0 saturated carbocycles. The summed E-state index contributed by atoms with van der Waals surface area (Å²) >= 11 is 0. The smallest absolute Gasteiger partial charge is 0.266 e. The van der Waals surface area contributed by atoms with Gasteiger partial charge in [-0.2, -0.15) is 4.98 Å². The van der Waals surface area contributed by atoms with Crippen LogP contribution >= 0.6 is 0 Å². The second kappa shape index (κ2) is 4.18. The molecule has 2 heterocycles. The second-order valence-electron chi connectivity index (χ2n) is 4.23. The summed E-state index contributed by atoms with van der Waals surface area (Å²) in [7, 11) is 0. The first-order chi connectivity index (χ1) is 7.20. The third-order valence-electron chi connectivity index (χ3n) is 2.95. The van der Waals surface area contributed by atoms with Crippen molar-refractivity contribution in [2.75, 3.05) is 18.0 Å². The van der Waals surface area contributed by atoms with Gasteiger partial charge in [-0.3, -0.25) is 0 Å². The van der Waals surface area contributed by atoms with Gasteiger partial charge in [0.25, 0.3) is 5.95 Å². The molecule has 0 aliphatic carbocycles. The second-order valence-corrected chi connectivity index (χ2v) is 4.23. The van der Waals surface area contributed by atoms with Gasteiger partial charge in [0.1, 0.15) is 0 Å². The van der Waals surface area contributed by atoms with E-state index in [1.807, 2.05) is 0 Å². The minimum Gasteiger partial charge on any atom is -0.338 e. The minimum atomic E-state index is 0.240. The molecule has 2 atom stereocenters. The summed E-state index contributed by atoms with van der Waals surface area (Å²) in [6.07, 6.45) is 2.35. The molecule has 1 fully saturated rings. The lowest BCUT2D eigenvalue weighted by Crippen LogP contribution is -2.29. The molecule has 5 heteroatoms. The van der Waals surface area contributed by atoms with Crippen molar-refractivity contribution in [1.29, 1.82) is 0 Å². The molecule has 2 N–H and O–H groups in total. The van der Waals surface area contributed by atoms with Crippen molar-refractivity contribution in [2.24, 2.45) is 11.7 Å². The maximum atomic E-state index is 6.07. The number of hydrogen-bond acceptors (Lipinski definition) is 5. The lowest BCUT2D eigenvalue weighted by molar-refractivity contribution is 0.392. The molecule has 0 amide bonds. The first-order valence-corrected chi connectivity index (χ1v) is 5.51. The van der Waals surface area contributed by atoms with E-state index in [2.05, 4.69) is 22.0 Å². The van der Waals surface area contributed by atoms with Gasteiger partial charge < -0.3 is 15.2 Å². The van der Waals surface area contributed by atoms with Gasteiger partial charge in [-0.25, -0.2) is 0 Å². The number of hydrogen-bond donors (Lipinski definition) is 1. The largest absolute Gasteiger partial charge is 0.338 e. The Kier molecular flexibility index (Phi) is 2.90. The molecule has 15 heavy (non-hydrogen) atoms. The number of aromatic nitrogens is 2. The van der Waals surface area contributed by atoms with Crippen molar-refractivity contribution in [1.82, 2.24) is 10.1 Å². The highest BCUT2D eigenvalue weighted by Gasteiger charge is 2.31. The molecule has 84 valence electrons. The predicted molar refractivity (Wildman–Crippen MR) is 57.6 cm³/mol. The summed E-state index contributed by atoms with van der Waals surface area (Å²) in [5.41, 5.74) is 6.07. The zero-order chi connectivity index (χ0) is 10.8. The van der Waals surface area contributed by atoms with Gasteiger partial charge in [0.05, 0.1) is 0 Å². The van der Waals surface area contributed by atoms with Crippen LogP contribution in [-0.2, 0) is 0 Å². The number of aryl methyl sites for hydroxylation is 1. The van der Waals surface area contributed by atoms with Gasteiger partial charge >= 0.3 is 0 Å². The van der Waals surface area contributed by atoms with Crippen molar-refractivity contribution < 1.29 is 4.52 Å². The number of rotatable bonds is 3. The van der Waals surface area contributed by atoms with Crippen LogP contribution in [0.1, 0.15) is 25.7 Å². The minimum absolute atomic E-state index is 0.240. The molecule has 0 radical (unpaired) electrons.